The van der Waals surface area contributed by atoms with E-state index in [-0.39, 0.29) is 5.91 Å². The minimum absolute atomic E-state index is 0.0892. The van der Waals surface area contributed by atoms with Crippen LogP contribution in [0.25, 0.3) is 0 Å². The predicted molar refractivity (Wildman–Crippen MR) is 77.6 cm³/mol. The Labute approximate surface area is 121 Å². The Morgan fingerprint density at radius 2 is 2.10 bits per heavy atom. The molecule has 5 nitrogen and oxygen atoms in total. The van der Waals surface area contributed by atoms with Crippen molar-refractivity contribution in [1.29, 1.82) is 0 Å². The number of ether oxygens (including phenoxy) is 1. The van der Waals surface area contributed by atoms with Crippen LogP contribution in [0.5, 0.6) is 0 Å². The minimum atomic E-state index is -0.597. The van der Waals surface area contributed by atoms with E-state index in [1.54, 1.807) is 7.11 Å². The first kappa shape index (κ1) is 14.3. The first-order valence-corrected chi connectivity index (χ1v) is 8.02. The third-order valence-electron chi connectivity index (χ3n) is 5.15. The summed E-state index contributed by atoms with van der Waals surface area (Å²) in [5, 5.41) is 6.43. The molecular formula is C15H27N3O2. The molecule has 1 atom stereocenters. The van der Waals surface area contributed by atoms with Crippen LogP contribution in [-0.2, 0) is 9.53 Å². The monoisotopic (exact) mass is 281 g/mol. The Morgan fingerprint density at radius 3 is 2.75 bits per heavy atom. The number of piperidine rings is 1. The number of rotatable bonds is 5. The van der Waals surface area contributed by atoms with Crippen LogP contribution in [0.4, 0.5) is 0 Å². The summed E-state index contributed by atoms with van der Waals surface area (Å²) in [5.41, 5.74) is -0.597. The van der Waals surface area contributed by atoms with Gasteiger partial charge in [-0.25, -0.2) is 0 Å². The van der Waals surface area contributed by atoms with Crippen molar-refractivity contribution in [2.24, 2.45) is 5.92 Å². The molecule has 0 aromatic heterocycles. The van der Waals surface area contributed by atoms with Gasteiger partial charge < -0.3 is 20.3 Å². The second-order valence-electron chi connectivity index (χ2n) is 6.54. The number of nitrogens with one attached hydrogen (secondary N) is 2. The molecule has 114 valence electrons. The molecular weight excluding hydrogens is 254 g/mol. The summed E-state index contributed by atoms with van der Waals surface area (Å²) in [6.07, 6.45) is 5.51. The lowest BCUT2D eigenvalue weighted by Crippen LogP contribution is -2.54. The zero-order valence-corrected chi connectivity index (χ0v) is 12.5. The van der Waals surface area contributed by atoms with E-state index in [9.17, 15) is 4.79 Å². The predicted octanol–water partition coefficient (Wildman–Crippen LogP) is 0.356. The standard InChI is InChI=1S/C15H27N3O2/c1-20-15(5-7-16-8-6-15)14(19)17-10-12-4-9-18(11-12)13-2-3-13/h12-13,16H,2-11H2,1H3,(H,17,19). The van der Waals surface area contributed by atoms with Crippen LogP contribution in [0.2, 0.25) is 0 Å². The maximum atomic E-state index is 12.5. The topological polar surface area (TPSA) is 53.6 Å². The molecule has 0 radical (unpaired) electrons. The molecule has 2 aliphatic heterocycles. The van der Waals surface area contributed by atoms with Crippen LogP contribution >= 0.6 is 0 Å². The van der Waals surface area contributed by atoms with Crippen LogP contribution < -0.4 is 10.6 Å². The van der Waals surface area contributed by atoms with Gasteiger partial charge in [0, 0.05) is 26.2 Å². The van der Waals surface area contributed by atoms with Crippen molar-refractivity contribution in [3.05, 3.63) is 0 Å². The van der Waals surface area contributed by atoms with Crippen molar-refractivity contribution in [1.82, 2.24) is 15.5 Å². The van der Waals surface area contributed by atoms with Crippen molar-refractivity contribution < 1.29 is 9.53 Å². The highest BCUT2D eigenvalue weighted by molar-refractivity contribution is 5.85. The molecule has 3 rings (SSSR count). The van der Waals surface area contributed by atoms with E-state index in [2.05, 4.69) is 15.5 Å². The largest absolute Gasteiger partial charge is 0.368 e. The van der Waals surface area contributed by atoms with E-state index in [1.165, 1.54) is 25.8 Å². The second-order valence-corrected chi connectivity index (χ2v) is 6.54. The molecule has 1 saturated carbocycles. The third kappa shape index (κ3) is 3.00. The first-order valence-electron chi connectivity index (χ1n) is 8.02. The van der Waals surface area contributed by atoms with Gasteiger partial charge in [-0.15, -0.1) is 0 Å². The van der Waals surface area contributed by atoms with Gasteiger partial charge in [0.2, 0.25) is 0 Å². The van der Waals surface area contributed by atoms with Gasteiger partial charge in [0.1, 0.15) is 5.60 Å². The van der Waals surface area contributed by atoms with Gasteiger partial charge in [-0.1, -0.05) is 0 Å². The summed E-state index contributed by atoms with van der Waals surface area (Å²) in [4.78, 5) is 15.0. The van der Waals surface area contributed by atoms with Gasteiger partial charge in [-0.3, -0.25) is 4.79 Å². The number of hydrogen-bond acceptors (Lipinski definition) is 4. The van der Waals surface area contributed by atoms with Gasteiger partial charge in [-0.2, -0.15) is 0 Å². The fourth-order valence-corrected chi connectivity index (χ4v) is 3.55. The lowest BCUT2D eigenvalue weighted by molar-refractivity contribution is -0.146. The quantitative estimate of drug-likeness (QED) is 0.764. The van der Waals surface area contributed by atoms with Crippen LogP contribution in [0.15, 0.2) is 0 Å². The van der Waals surface area contributed by atoms with Crippen LogP contribution in [0, 0.1) is 5.92 Å². The Morgan fingerprint density at radius 1 is 1.35 bits per heavy atom. The highest BCUT2D eigenvalue weighted by Gasteiger charge is 2.40. The minimum Gasteiger partial charge on any atom is -0.368 e. The molecule has 0 aromatic rings. The summed E-state index contributed by atoms with van der Waals surface area (Å²) in [6.45, 7) is 4.90. The molecule has 0 spiro atoms. The highest BCUT2D eigenvalue weighted by atomic mass is 16.5. The fourth-order valence-electron chi connectivity index (χ4n) is 3.55. The van der Waals surface area contributed by atoms with E-state index < -0.39 is 5.60 Å². The second kappa shape index (κ2) is 6.00. The molecule has 2 saturated heterocycles. The fraction of sp³-hybridized carbons (Fsp3) is 0.933. The van der Waals surface area contributed by atoms with Crippen molar-refractivity contribution in [2.45, 2.75) is 43.7 Å². The summed E-state index contributed by atoms with van der Waals surface area (Å²) < 4.78 is 5.56. The molecule has 2 heterocycles. The van der Waals surface area contributed by atoms with Crippen molar-refractivity contribution in [3.63, 3.8) is 0 Å². The molecule has 20 heavy (non-hydrogen) atoms. The third-order valence-corrected chi connectivity index (χ3v) is 5.15. The van der Waals surface area contributed by atoms with E-state index >= 15 is 0 Å². The van der Waals surface area contributed by atoms with E-state index in [1.807, 2.05) is 0 Å². The van der Waals surface area contributed by atoms with Gasteiger partial charge >= 0.3 is 0 Å². The smallest absolute Gasteiger partial charge is 0.252 e. The molecule has 0 aromatic carbocycles. The number of methoxy groups -OCH3 is 1. The maximum absolute atomic E-state index is 12.5. The van der Waals surface area contributed by atoms with Crippen molar-refractivity contribution in [2.75, 3.05) is 39.8 Å². The number of likely N-dealkylation sites (tertiary alicyclic amines) is 1. The normalized spacial score (nSPS) is 30.4. The Bertz CT molecular complexity index is 351. The molecule has 1 unspecified atom stereocenters. The average Bonchev–Trinajstić information content (AvgIpc) is 3.24. The zero-order valence-electron chi connectivity index (χ0n) is 12.5. The molecule has 3 aliphatic rings. The van der Waals surface area contributed by atoms with Crippen LogP contribution in [0.1, 0.15) is 32.1 Å². The number of carbonyl (C=O) groups is 1. The molecule has 3 fully saturated rings. The number of nitrogens with zero attached hydrogens (tertiary/aromatic N) is 1. The lowest BCUT2D eigenvalue weighted by atomic mass is 9.91. The molecule has 5 heteroatoms. The summed E-state index contributed by atoms with van der Waals surface area (Å²) >= 11 is 0. The number of carbonyl (C=O) groups excluding carboxylic acids is 1. The highest BCUT2D eigenvalue weighted by Crippen LogP contribution is 2.31. The van der Waals surface area contributed by atoms with Gasteiger partial charge in [0.15, 0.2) is 0 Å². The molecule has 1 aliphatic carbocycles. The van der Waals surface area contributed by atoms with E-state index in [0.29, 0.717) is 5.92 Å². The van der Waals surface area contributed by atoms with E-state index in [4.69, 9.17) is 4.74 Å². The Hall–Kier alpha value is -0.650. The first-order chi connectivity index (χ1) is 9.73. The van der Waals surface area contributed by atoms with Crippen LogP contribution in [-0.4, -0.2) is 62.3 Å². The summed E-state index contributed by atoms with van der Waals surface area (Å²) in [6, 6.07) is 0.852. The van der Waals surface area contributed by atoms with Gasteiger partial charge in [-0.05, 0) is 57.7 Å². The molecule has 0 bridgehead atoms. The maximum Gasteiger partial charge on any atom is 0.252 e. The SMILES string of the molecule is COC1(C(=O)NCC2CCN(C3CC3)C2)CCNCC1. The van der Waals surface area contributed by atoms with Crippen molar-refractivity contribution in [3.8, 4) is 0 Å². The molecule has 1 amide bonds. The van der Waals surface area contributed by atoms with Crippen LogP contribution in [0.3, 0.4) is 0 Å². The Balaban J connectivity index is 1.46. The summed E-state index contributed by atoms with van der Waals surface area (Å²) in [5.74, 6) is 0.710. The number of hydrogen-bond donors (Lipinski definition) is 2. The number of amides is 1. The van der Waals surface area contributed by atoms with E-state index in [0.717, 1.165) is 45.1 Å². The summed E-state index contributed by atoms with van der Waals surface area (Å²) in [7, 11) is 1.66. The van der Waals surface area contributed by atoms with Gasteiger partial charge in [0.25, 0.3) is 5.91 Å². The van der Waals surface area contributed by atoms with Gasteiger partial charge in [0.05, 0.1) is 0 Å². The molecule has 2 N–H and O–H groups in total. The Kier molecular flexibility index (Phi) is 4.29. The zero-order chi connectivity index (χ0) is 14.0. The lowest BCUT2D eigenvalue weighted by Gasteiger charge is -2.35. The average molecular weight is 281 g/mol. The van der Waals surface area contributed by atoms with Crippen molar-refractivity contribution >= 4 is 5.91 Å².